The predicted octanol–water partition coefficient (Wildman–Crippen LogP) is 1.99. The first-order chi connectivity index (χ1) is 9.31. The van der Waals surface area contributed by atoms with Crippen LogP contribution in [0, 0.1) is 18.8 Å². The monoisotopic (exact) mass is 285 g/mol. The standard InChI is InChI=1S/C13H14F3N3O/c1-9-4-5-10(3-2-6-17)11(7-9)19-12(20)18-8-13(14,15)16/h4-5,7H,6,8,17H2,1H3,(H2,18,19,20). The van der Waals surface area contributed by atoms with E-state index < -0.39 is 18.8 Å². The van der Waals surface area contributed by atoms with E-state index in [1.54, 1.807) is 30.4 Å². The fourth-order valence-corrected chi connectivity index (χ4v) is 1.36. The first kappa shape index (κ1) is 15.9. The molecular weight excluding hydrogens is 271 g/mol. The van der Waals surface area contributed by atoms with Crippen molar-refractivity contribution in [2.45, 2.75) is 13.1 Å². The van der Waals surface area contributed by atoms with Gasteiger partial charge in [-0.2, -0.15) is 13.2 Å². The van der Waals surface area contributed by atoms with Gasteiger partial charge in [-0.3, -0.25) is 0 Å². The molecule has 0 atom stereocenters. The summed E-state index contributed by atoms with van der Waals surface area (Å²) in [6.45, 7) is 0.543. The number of benzene rings is 1. The van der Waals surface area contributed by atoms with E-state index in [1.165, 1.54) is 0 Å². The molecule has 1 aromatic carbocycles. The number of halogens is 3. The van der Waals surface area contributed by atoms with Gasteiger partial charge in [0.25, 0.3) is 0 Å². The van der Waals surface area contributed by atoms with Gasteiger partial charge in [0.1, 0.15) is 6.54 Å². The number of nitrogens with two attached hydrogens (primary N) is 1. The van der Waals surface area contributed by atoms with Gasteiger partial charge in [0.05, 0.1) is 12.2 Å². The molecule has 1 rings (SSSR count). The van der Waals surface area contributed by atoms with E-state index in [1.807, 2.05) is 0 Å². The van der Waals surface area contributed by atoms with Crippen molar-refractivity contribution >= 4 is 11.7 Å². The van der Waals surface area contributed by atoms with E-state index in [9.17, 15) is 18.0 Å². The zero-order valence-electron chi connectivity index (χ0n) is 10.8. The topological polar surface area (TPSA) is 67.1 Å². The van der Waals surface area contributed by atoms with Gasteiger partial charge in [0.2, 0.25) is 0 Å². The van der Waals surface area contributed by atoms with Crippen molar-refractivity contribution in [2.24, 2.45) is 5.73 Å². The highest BCUT2D eigenvalue weighted by atomic mass is 19.4. The highest BCUT2D eigenvalue weighted by Crippen LogP contribution is 2.17. The second kappa shape index (κ2) is 6.82. The number of urea groups is 1. The van der Waals surface area contributed by atoms with Gasteiger partial charge in [0, 0.05) is 5.56 Å². The molecule has 7 heteroatoms. The van der Waals surface area contributed by atoms with Crippen LogP contribution in [0.5, 0.6) is 0 Å². The molecule has 0 aliphatic rings. The highest BCUT2D eigenvalue weighted by Gasteiger charge is 2.27. The van der Waals surface area contributed by atoms with Crippen LogP contribution in [0.4, 0.5) is 23.7 Å². The molecule has 4 N–H and O–H groups in total. The fraction of sp³-hybridized carbons (Fsp3) is 0.308. The zero-order valence-corrected chi connectivity index (χ0v) is 10.8. The van der Waals surface area contributed by atoms with Crippen LogP contribution in [0.3, 0.4) is 0 Å². The Balaban J connectivity index is 2.80. The van der Waals surface area contributed by atoms with Crippen molar-refractivity contribution < 1.29 is 18.0 Å². The van der Waals surface area contributed by atoms with E-state index in [4.69, 9.17) is 5.73 Å². The molecule has 20 heavy (non-hydrogen) atoms. The van der Waals surface area contributed by atoms with Gasteiger partial charge in [-0.05, 0) is 24.6 Å². The second-order valence-corrected chi connectivity index (χ2v) is 3.98. The molecule has 0 saturated heterocycles. The Kier molecular flexibility index (Phi) is 5.41. The van der Waals surface area contributed by atoms with Crippen LogP contribution in [0.25, 0.3) is 0 Å². The fourth-order valence-electron chi connectivity index (χ4n) is 1.36. The Bertz CT molecular complexity index is 544. The van der Waals surface area contributed by atoms with E-state index in [2.05, 4.69) is 17.2 Å². The summed E-state index contributed by atoms with van der Waals surface area (Å²) in [6, 6.07) is 4.12. The Morgan fingerprint density at radius 2 is 2.10 bits per heavy atom. The van der Waals surface area contributed by atoms with Crippen molar-refractivity contribution in [3.05, 3.63) is 29.3 Å². The van der Waals surface area contributed by atoms with Crippen molar-refractivity contribution in [3.8, 4) is 11.8 Å². The molecule has 0 radical (unpaired) electrons. The average molecular weight is 285 g/mol. The number of amides is 2. The quantitative estimate of drug-likeness (QED) is 0.727. The first-order valence-electron chi connectivity index (χ1n) is 5.73. The first-order valence-corrected chi connectivity index (χ1v) is 5.73. The van der Waals surface area contributed by atoms with Crippen LogP contribution >= 0.6 is 0 Å². The summed E-state index contributed by atoms with van der Waals surface area (Å²) in [5.74, 6) is 5.36. The summed E-state index contributed by atoms with van der Waals surface area (Å²) in [5, 5.41) is 4.07. The molecule has 0 heterocycles. The molecule has 0 unspecified atom stereocenters. The molecule has 0 fully saturated rings. The highest BCUT2D eigenvalue weighted by molar-refractivity contribution is 5.91. The minimum Gasteiger partial charge on any atom is -0.329 e. The van der Waals surface area contributed by atoms with Gasteiger partial charge in [-0.25, -0.2) is 4.79 Å². The lowest BCUT2D eigenvalue weighted by atomic mass is 10.1. The summed E-state index contributed by atoms with van der Waals surface area (Å²) < 4.78 is 36.0. The van der Waals surface area contributed by atoms with E-state index in [0.717, 1.165) is 5.56 Å². The van der Waals surface area contributed by atoms with Crippen LogP contribution in [-0.4, -0.2) is 25.3 Å². The van der Waals surface area contributed by atoms with E-state index in [-0.39, 0.29) is 6.54 Å². The summed E-state index contributed by atoms with van der Waals surface area (Å²) in [4.78, 5) is 11.4. The molecular formula is C13H14F3N3O. The lowest BCUT2D eigenvalue weighted by Crippen LogP contribution is -2.36. The minimum absolute atomic E-state index is 0.146. The number of hydrogen-bond donors (Lipinski definition) is 3. The van der Waals surface area contributed by atoms with Gasteiger partial charge >= 0.3 is 12.2 Å². The zero-order chi connectivity index (χ0) is 15.2. The van der Waals surface area contributed by atoms with Crippen LogP contribution in [-0.2, 0) is 0 Å². The third-order valence-corrected chi connectivity index (χ3v) is 2.20. The van der Waals surface area contributed by atoms with Crippen LogP contribution in [0.15, 0.2) is 18.2 Å². The number of nitrogens with one attached hydrogen (secondary N) is 2. The molecule has 0 aliphatic heterocycles. The lowest BCUT2D eigenvalue weighted by molar-refractivity contribution is -0.122. The van der Waals surface area contributed by atoms with Crippen molar-refractivity contribution in [2.75, 3.05) is 18.4 Å². The normalized spacial score (nSPS) is 10.4. The Morgan fingerprint density at radius 3 is 2.70 bits per heavy atom. The average Bonchev–Trinajstić information content (AvgIpc) is 2.35. The number of hydrogen-bond acceptors (Lipinski definition) is 2. The van der Waals surface area contributed by atoms with Gasteiger partial charge in [-0.15, -0.1) is 0 Å². The minimum atomic E-state index is -4.45. The lowest BCUT2D eigenvalue weighted by Gasteiger charge is -2.11. The Labute approximate surface area is 114 Å². The Morgan fingerprint density at radius 1 is 1.40 bits per heavy atom. The SMILES string of the molecule is Cc1ccc(C#CCN)c(NC(=O)NCC(F)(F)F)c1. The predicted molar refractivity (Wildman–Crippen MR) is 70.2 cm³/mol. The third kappa shape index (κ3) is 5.63. The summed E-state index contributed by atoms with van der Waals surface area (Å²) in [6.07, 6.45) is -4.45. The molecule has 4 nitrogen and oxygen atoms in total. The van der Waals surface area contributed by atoms with E-state index in [0.29, 0.717) is 11.3 Å². The van der Waals surface area contributed by atoms with Crippen molar-refractivity contribution in [1.82, 2.24) is 5.32 Å². The van der Waals surface area contributed by atoms with Crippen LogP contribution < -0.4 is 16.4 Å². The maximum atomic E-state index is 12.0. The smallest absolute Gasteiger partial charge is 0.329 e. The molecule has 1 aromatic rings. The molecule has 0 aromatic heterocycles. The molecule has 0 aliphatic carbocycles. The largest absolute Gasteiger partial charge is 0.405 e. The molecule has 2 amide bonds. The summed E-state index contributed by atoms with van der Waals surface area (Å²) >= 11 is 0. The number of carbonyl (C=O) groups excluding carboxylic acids is 1. The molecule has 0 spiro atoms. The summed E-state index contributed by atoms with van der Waals surface area (Å²) in [5.41, 5.74) is 6.92. The number of anilines is 1. The third-order valence-electron chi connectivity index (χ3n) is 2.20. The number of carbonyl (C=O) groups is 1. The van der Waals surface area contributed by atoms with E-state index >= 15 is 0 Å². The molecule has 0 bridgehead atoms. The maximum absolute atomic E-state index is 12.0. The Hall–Kier alpha value is -2.20. The van der Waals surface area contributed by atoms with Crippen molar-refractivity contribution in [1.29, 1.82) is 0 Å². The van der Waals surface area contributed by atoms with Gasteiger partial charge < -0.3 is 16.4 Å². The summed E-state index contributed by atoms with van der Waals surface area (Å²) in [7, 11) is 0. The molecule has 108 valence electrons. The number of rotatable bonds is 2. The number of aryl methyl sites for hydroxylation is 1. The second-order valence-electron chi connectivity index (χ2n) is 3.98. The van der Waals surface area contributed by atoms with Gasteiger partial charge in [0.15, 0.2) is 0 Å². The molecule has 0 saturated carbocycles. The number of alkyl halides is 3. The van der Waals surface area contributed by atoms with Crippen molar-refractivity contribution in [3.63, 3.8) is 0 Å². The van der Waals surface area contributed by atoms with Crippen LogP contribution in [0.1, 0.15) is 11.1 Å². The maximum Gasteiger partial charge on any atom is 0.405 e. The van der Waals surface area contributed by atoms with Gasteiger partial charge in [-0.1, -0.05) is 17.9 Å². The van der Waals surface area contributed by atoms with Crippen LogP contribution in [0.2, 0.25) is 0 Å².